The Hall–Kier alpha value is -1.90. The van der Waals surface area contributed by atoms with Gasteiger partial charge in [0.15, 0.2) is 0 Å². The molecule has 2 aromatic rings. The fourth-order valence-electron chi connectivity index (χ4n) is 2.57. The van der Waals surface area contributed by atoms with Crippen molar-refractivity contribution in [2.24, 2.45) is 0 Å². The van der Waals surface area contributed by atoms with Crippen molar-refractivity contribution in [3.05, 3.63) is 53.1 Å². The van der Waals surface area contributed by atoms with Gasteiger partial charge in [0, 0.05) is 18.3 Å². The lowest BCUT2D eigenvalue weighted by atomic mass is 10.00. The van der Waals surface area contributed by atoms with E-state index in [0.29, 0.717) is 0 Å². The Morgan fingerprint density at radius 1 is 1.29 bits per heavy atom. The summed E-state index contributed by atoms with van der Waals surface area (Å²) < 4.78 is 0. The molecule has 1 aliphatic rings. The quantitative estimate of drug-likeness (QED) is 0.811. The molecular weight excluding hydrogens is 210 g/mol. The average molecular weight is 225 g/mol. The second-order valence-corrected chi connectivity index (χ2v) is 4.63. The predicted octanol–water partition coefficient (Wildman–Crippen LogP) is 2.45. The molecule has 3 heteroatoms. The number of fused-ring (bicyclic) bond motifs is 1. The molecule has 0 amide bonds. The van der Waals surface area contributed by atoms with Gasteiger partial charge in [-0.1, -0.05) is 6.07 Å². The predicted molar refractivity (Wildman–Crippen MR) is 67.8 cm³/mol. The fourth-order valence-corrected chi connectivity index (χ4v) is 2.57. The smallest absolute Gasteiger partial charge is 0.0723 e. The van der Waals surface area contributed by atoms with Crippen LogP contribution in [0.4, 0.5) is 5.69 Å². The summed E-state index contributed by atoms with van der Waals surface area (Å²) in [4.78, 5) is 8.98. The number of hydrogen-bond acceptors (Lipinski definition) is 3. The first-order chi connectivity index (χ1) is 8.25. The summed E-state index contributed by atoms with van der Waals surface area (Å²) in [7, 11) is 0. The van der Waals surface area contributed by atoms with Gasteiger partial charge in [-0.2, -0.15) is 0 Å². The zero-order chi connectivity index (χ0) is 11.8. The molecule has 1 aliphatic carbocycles. The summed E-state index contributed by atoms with van der Waals surface area (Å²) in [5.74, 6) is 0.270. The van der Waals surface area contributed by atoms with Crippen LogP contribution in [-0.4, -0.2) is 9.97 Å². The second kappa shape index (κ2) is 3.84. The van der Waals surface area contributed by atoms with Crippen LogP contribution in [-0.2, 0) is 6.42 Å². The fraction of sp³-hybridized carbons (Fsp3) is 0.286. The molecule has 0 aromatic carbocycles. The number of rotatable bonds is 1. The number of nitrogens with zero attached hydrogens (tertiary/aromatic N) is 2. The number of pyridine rings is 2. The molecule has 0 bridgehead atoms. The van der Waals surface area contributed by atoms with Crippen molar-refractivity contribution in [1.29, 1.82) is 0 Å². The molecule has 1 unspecified atom stereocenters. The molecule has 17 heavy (non-hydrogen) atoms. The van der Waals surface area contributed by atoms with Crippen LogP contribution in [0.2, 0.25) is 0 Å². The molecule has 2 aromatic heterocycles. The van der Waals surface area contributed by atoms with Gasteiger partial charge in [-0.3, -0.25) is 9.97 Å². The molecule has 1 atom stereocenters. The summed E-state index contributed by atoms with van der Waals surface area (Å²) in [6.07, 6.45) is 5.86. The van der Waals surface area contributed by atoms with Gasteiger partial charge >= 0.3 is 0 Å². The highest BCUT2D eigenvalue weighted by molar-refractivity contribution is 5.50. The third-order valence-electron chi connectivity index (χ3n) is 3.37. The molecule has 0 saturated carbocycles. The van der Waals surface area contributed by atoms with Crippen LogP contribution in [0.1, 0.15) is 34.9 Å². The molecule has 0 spiro atoms. The van der Waals surface area contributed by atoms with E-state index in [1.54, 1.807) is 0 Å². The van der Waals surface area contributed by atoms with Gasteiger partial charge in [-0.05, 0) is 43.0 Å². The number of anilines is 1. The second-order valence-electron chi connectivity index (χ2n) is 4.63. The summed E-state index contributed by atoms with van der Waals surface area (Å²) in [5.41, 5.74) is 11.4. The van der Waals surface area contributed by atoms with Gasteiger partial charge in [-0.25, -0.2) is 0 Å². The molecule has 3 rings (SSSR count). The first kappa shape index (κ1) is 10.3. The van der Waals surface area contributed by atoms with Crippen LogP contribution >= 0.6 is 0 Å². The molecular formula is C14H15N3. The number of nitrogens with two attached hydrogens (primary N) is 1. The van der Waals surface area contributed by atoms with Crippen LogP contribution in [0.3, 0.4) is 0 Å². The molecule has 2 heterocycles. The maximum atomic E-state index is 6.07. The first-order valence-electron chi connectivity index (χ1n) is 5.91. The highest BCUT2D eigenvalue weighted by atomic mass is 14.8. The van der Waals surface area contributed by atoms with Crippen LogP contribution in [0.15, 0.2) is 30.6 Å². The number of hydrogen-bond donors (Lipinski definition) is 1. The summed E-state index contributed by atoms with van der Waals surface area (Å²) >= 11 is 0. The number of nitrogen functional groups attached to an aromatic ring is 1. The van der Waals surface area contributed by atoms with Gasteiger partial charge in [0.1, 0.15) is 0 Å². The average Bonchev–Trinajstić information content (AvgIpc) is 2.73. The van der Waals surface area contributed by atoms with E-state index in [2.05, 4.69) is 16.0 Å². The van der Waals surface area contributed by atoms with Crippen LogP contribution in [0.25, 0.3) is 0 Å². The minimum atomic E-state index is 0.270. The van der Waals surface area contributed by atoms with Crippen molar-refractivity contribution in [2.75, 3.05) is 5.73 Å². The lowest BCUT2D eigenvalue weighted by Gasteiger charge is -2.12. The molecule has 3 nitrogen and oxygen atoms in total. The zero-order valence-corrected chi connectivity index (χ0v) is 9.85. The van der Waals surface area contributed by atoms with Gasteiger partial charge < -0.3 is 5.73 Å². The molecule has 0 aliphatic heterocycles. The third-order valence-corrected chi connectivity index (χ3v) is 3.37. The highest BCUT2D eigenvalue weighted by Gasteiger charge is 2.27. The Morgan fingerprint density at radius 3 is 3.00 bits per heavy atom. The van der Waals surface area contributed by atoms with Crippen molar-refractivity contribution >= 4 is 5.69 Å². The van der Waals surface area contributed by atoms with E-state index in [1.165, 1.54) is 5.56 Å². The number of aryl methyl sites for hydroxylation is 2. The largest absolute Gasteiger partial charge is 0.397 e. The molecule has 0 radical (unpaired) electrons. The Balaban J connectivity index is 2.07. The van der Waals surface area contributed by atoms with E-state index >= 15 is 0 Å². The maximum Gasteiger partial charge on any atom is 0.0723 e. The van der Waals surface area contributed by atoms with E-state index in [4.69, 9.17) is 5.73 Å². The molecule has 2 N–H and O–H groups in total. The van der Waals surface area contributed by atoms with Gasteiger partial charge in [0.25, 0.3) is 0 Å². The topological polar surface area (TPSA) is 51.8 Å². The zero-order valence-electron chi connectivity index (χ0n) is 9.85. The Labute approximate surface area is 101 Å². The minimum Gasteiger partial charge on any atom is -0.397 e. The lowest BCUT2D eigenvalue weighted by molar-refractivity contribution is 0.748. The summed E-state index contributed by atoms with van der Waals surface area (Å²) in [6, 6.07) is 6.13. The Kier molecular flexibility index (Phi) is 2.32. The standard InChI is InChI=1S/C14H15N3/c1-9-7-12(15)14(17-8-9)11-5-4-10-3-2-6-16-13(10)11/h2-3,6-8,11H,4-5,15H2,1H3. The highest BCUT2D eigenvalue weighted by Crippen LogP contribution is 2.37. The lowest BCUT2D eigenvalue weighted by Crippen LogP contribution is -2.06. The van der Waals surface area contributed by atoms with Gasteiger partial charge in [0.2, 0.25) is 0 Å². The first-order valence-corrected chi connectivity index (χ1v) is 5.91. The molecule has 86 valence electrons. The Morgan fingerprint density at radius 2 is 2.18 bits per heavy atom. The van der Waals surface area contributed by atoms with Crippen LogP contribution in [0.5, 0.6) is 0 Å². The monoisotopic (exact) mass is 225 g/mol. The molecule has 0 saturated heterocycles. The van der Waals surface area contributed by atoms with Crippen LogP contribution < -0.4 is 5.73 Å². The van der Waals surface area contributed by atoms with E-state index in [9.17, 15) is 0 Å². The maximum absolute atomic E-state index is 6.07. The summed E-state index contributed by atoms with van der Waals surface area (Å²) in [6.45, 7) is 2.01. The van der Waals surface area contributed by atoms with E-state index in [1.807, 2.05) is 31.5 Å². The van der Waals surface area contributed by atoms with Crippen molar-refractivity contribution in [1.82, 2.24) is 9.97 Å². The SMILES string of the molecule is Cc1cnc(C2CCc3cccnc32)c(N)c1. The van der Waals surface area contributed by atoms with Gasteiger partial charge in [0.05, 0.1) is 17.1 Å². The normalized spacial score (nSPS) is 18.1. The summed E-state index contributed by atoms with van der Waals surface area (Å²) in [5, 5.41) is 0. The number of aromatic nitrogens is 2. The minimum absolute atomic E-state index is 0.270. The van der Waals surface area contributed by atoms with E-state index < -0.39 is 0 Å². The van der Waals surface area contributed by atoms with Crippen LogP contribution in [0, 0.1) is 6.92 Å². The Bertz CT molecular complexity index is 563. The van der Waals surface area contributed by atoms with Crippen molar-refractivity contribution < 1.29 is 0 Å². The van der Waals surface area contributed by atoms with Gasteiger partial charge in [-0.15, -0.1) is 0 Å². The molecule has 0 fully saturated rings. The van der Waals surface area contributed by atoms with E-state index in [0.717, 1.165) is 35.5 Å². The van der Waals surface area contributed by atoms with Crippen molar-refractivity contribution in [3.8, 4) is 0 Å². The van der Waals surface area contributed by atoms with Crippen molar-refractivity contribution in [3.63, 3.8) is 0 Å². The third kappa shape index (κ3) is 1.68. The van der Waals surface area contributed by atoms with Crippen molar-refractivity contribution in [2.45, 2.75) is 25.7 Å². The van der Waals surface area contributed by atoms with E-state index in [-0.39, 0.29) is 5.92 Å².